The molecule has 2 aromatic rings. The minimum absolute atomic E-state index is 0.397. The fourth-order valence-electron chi connectivity index (χ4n) is 2.47. The normalized spacial score (nSPS) is 12.0. The largest absolute Gasteiger partial charge is 0.479 e. The van der Waals surface area contributed by atoms with Gasteiger partial charge in [0.25, 0.3) is 5.91 Å². The van der Waals surface area contributed by atoms with E-state index in [1.54, 1.807) is 32.2 Å². The van der Waals surface area contributed by atoms with E-state index in [0.717, 1.165) is 18.5 Å². The van der Waals surface area contributed by atoms with E-state index < -0.39 is 17.9 Å². The van der Waals surface area contributed by atoms with Gasteiger partial charge in [-0.1, -0.05) is 13.3 Å². The second kappa shape index (κ2) is 7.04. The zero-order valence-corrected chi connectivity index (χ0v) is 13.4. The zero-order chi connectivity index (χ0) is 17.0. The Morgan fingerprint density at radius 3 is 2.70 bits per heavy atom. The second-order valence-electron chi connectivity index (χ2n) is 5.38. The van der Waals surface area contributed by atoms with Gasteiger partial charge >= 0.3 is 5.97 Å². The van der Waals surface area contributed by atoms with E-state index in [1.165, 1.54) is 0 Å². The molecule has 0 unspecified atom stereocenters. The van der Waals surface area contributed by atoms with Crippen LogP contribution in [-0.2, 0) is 11.2 Å². The van der Waals surface area contributed by atoms with Crippen LogP contribution in [0.25, 0.3) is 0 Å². The summed E-state index contributed by atoms with van der Waals surface area (Å²) in [6.45, 7) is 5.45. The summed E-state index contributed by atoms with van der Waals surface area (Å²) in [4.78, 5) is 28.2. The maximum atomic E-state index is 12.4. The molecule has 0 saturated heterocycles. The van der Waals surface area contributed by atoms with Crippen molar-refractivity contribution in [2.24, 2.45) is 0 Å². The molecule has 0 fully saturated rings. The van der Waals surface area contributed by atoms with Crippen LogP contribution in [0.2, 0.25) is 0 Å². The van der Waals surface area contributed by atoms with Gasteiger partial charge in [-0.2, -0.15) is 5.10 Å². The van der Waals surface area contributed by atoms with Crippen molar-refractivity contribution in [3.8, 4) is 0 Å². The molecule has 2 rings (SSSR count). The van der Waals surface area contributed by atoms with E-state index >= 15 is 0 Å². The van der Waals surface area contributed by atoms with Crippen LogP contribution in [0.15, 0.2) is 18.3 Å². The van der Waals surface area contributed by atoms with Gasteiger partial charge in [0.1, 0.15) is 0 Å². The number of aliphatic carboxylic acids is 1. The van der Waals surface area contributed by atoms with Crippen LogP contribution in [0, 0.1) is 13.8 Å². The number of carbonyl (C=O) groups is 2. The van der Waals surface area contributed by atoms with Crippen LogP contribution >= 0.6 is 0 Å². The standard InChI is InChI=1S/C16H20N4O3/c1-4-5-12-8-11(6-7-17-12)15(21)18-14(16(22)23)13-9(2)19-20-10(13)3/h6-8,14H,4-5H2,1-3H3,(H,18,21)(H,19,20)(H,22,23)/t14-/m1/s1. The summed E-state index contributed by atoms with van der Waals surface area (Å²) < 4.78 is 0. The molecule has 0 bridgehead atoms. The highest BCUT2D eigenvalue weighted by Crippen LogP contribution is 2.20. The van der Waals surface area contributed by atoms with Crippen LogP contribution in [0.3, 0.4) is 0 Å². The Balaban J connectivity index is 2.25. The molecule has 1 amide bonds. The van der Waals surface area contributed by atoms with Gasteiger partial charge in [0.05, 0.1) is 5.69 Å². The van der Waals surface area contributed by atoms with Crippen LogP contribution in [0.1, 0.15) is 52.4 Å². The van der Waals surface area contributed by atoms with Gasteiger partial charge in [-0.15, -0.1) is 0 Å². The average molecular weight is 316 g/mol. The lowest BCUT2D eigenvalue weighted by Crippen LogP contribution is -2.34. The Hall–Kier alpha value is -2.70. The second-order valence-corrected chi connectivity index (χ2v) is 5.38. The van der Waals surface area contributed by atoms with Crippen LogP contribution < -0.4 is 5.32 Å². The third kappa shape index (κ3) is 3.74. The first kappa shape index (κ1) is 16.7. The Morgan fingerprint density at radius 2 is 2.13 bits per heavy atom. The molecule has 0 spiro atoms. The molecule has 2 aromatic heterocycles. The summed E-state index contributed by atoms with van der Waals surface area (Å²) >= 11 is 0. The van der Waals surface area contributed by atoms with Crippen LogP contribution in [-0.4, -0.2) is 32.2 Å². The summed E-state index contributed by atoms with van der Waals surface area (Å²) in [5.74, 6) is -1.58. The molecular formula is C16H20N4O3. The number of amides is 1. The topological polar surface area (TPSA) is 108 Å². The smallest absolute Gasteiger partial charge is 0.331 e. The van der Waals surface area contributed by atoms with E-state index in [-0.39, 0.29) is 0 Å². The summed E-state index contributed by atoms with van der Waals surface area (Å²) in [6, 6.07) is 2.11. The molecule has 122 valence electrons. The highest BCUT2D eigenvalue weighted by atomic mass is 16.4. The van der Waals surface area contributed by atoms with Crippen LogP contribution in [0.5, 0.6) is 0 Å². The lowest BCUT2D eigenvalue weighted by molar-refractivity contribution is -0.139. The predicted molar refractivity (Wildman–Crippen MR) is 84.1 cm³/mol. The third-order valence-electron chi connectivity index (χ3n) is 3.58. The number of aromatic nitrogens is 3. The molecule has 0 saturated carbocycles. The van der Waals surface area contributed by atoms with Crippen molar-refractivity contribution in [3.63, 3.8) is 0 Å². The molecule has 1 atom stereocenters. The molecule has 0 aliphatic heterocycles. The lowest BCUT2D eigenvalue weighted by atomic mass is 10.0. The quantitative estimate of drug-likeness (QED) is 0.754. The third-order valence-corrected chi connectivity index (χ3v) is 3.58. The fourth-order valence-corrected chi connectivity index (χ4v) is 2.47. The highest BCUT2D eigenvalue weighted by molar-refractivity contribution is 5.97. The minimum Gasteiger partial charge on any atom is -0.479 e. The van der Waals surface area contributed by atoms with Crippen molar-refractivity contribution in [1.82, 2.24) is 20.5 Å². The maximum absolute atomic E-state index is 12.4. The molecule has 0 aliphatic rings. The number of nitrogens with one attached hydrogen (secondary N) is 2. The van der Waals surface area contributed by atoms with Gasteiger partial charge in [-0.25, -0.2) is 4.79 Å². The number of aromatic amines is 1. The number of rotatable bonds is 6. The summed E-state index contributed by atoms with van der Waals surface area (Å²) in [7, 11) is 0. The van der Waals surface area contributed by atoms with Gasteiger partial charge in [0, 0.05) is 28.7 Å². The van der Waals surface area contributed by atoms with Crippen molar-refractivity contribution in [1.29, 1.82) is 0 Å². The summed E-state index contributed by atoms with van der Waals surface area (Å²) in [5, 5.41) is 18.7. The Morgan fingerprint density at radius 1 is 1.39 bits per heavy atom. The molecule has 0 aromatic carbocycles. The molecule has 7 heteroatoms. The Labute approximate surface area is 134 Å². The number of aryl methyl sites for hydroxylation is 3. The highest BCUT2D eigenvalue weighted by Gasteiger charge is 2.27. The van der Waals surface area contributed by atoms with Gasteiger partial charge in [-0.05, 0) is 32.4 Å². The monoisotopic (exact) mass is 316 g/mol. The predicted octanol–water partition coefficient (Wildman–Crippen LogP) is 1.93. The van der Waals surface area contributed by atoms with E-state index in [0.29, 0.717) is 22.5 Å². The first-order chi connectivity index (χ1) is 10.9. The molecule has 0 radical (unpaired) electrons. The minimum atomic E-state index is -1.15. The average Bonchev–Trinajstić information content (AvgIpc) is 2.84. The number of carboxylic acid groups (broad SMARTS) is 1. The number of carbonyl (C=O) groups excluding carboxylic acids is 1. The summed E-state index contributed by atoms with van der Waals surface area (Å²) in [6.07, 6.45) is 3.25. The first-order valence-electron chi connectivity index (χ1n) is 7.44. The van der Waals surface area contributed by atoms with Crippen LogP contribution in [0.4, 0.5) is 0 Å². The fraction of sp³-hybridized carbons (Fsp3) is 0.375. The first-order valence-corrected chi connectivity index (χ1v) is 7.44. The molecular weight excluding hydrogens is 296 g/mol. The zero-order valence-electron chi connectivity index (χ0n) is 13.4. The Kier molecular flexibility index (Phi) is 5.10. The summed E-state index contributed by atoms with van der Waals surface area (Å²) in [5.41, 5.74) is 2.86. The number of pyridine rings is 1. The van der Waals surface area contributed by atoms with Crippen molar-refractivity contribution >= 4 is 11.9 Å². The van der Waals surface area contributed by atoms with Gasteiger partial charge in [0.15, 0.2) is 6.04 Å². The number of nitrogens with zero attached hydrogens (tertiary/aromatic N) is 2. The SMILES string of the molecule is CCCc1cc(C(=O)N[C@@H](C(=O)O)c2c(C)n[nH]c2C)ccn1. The molecule has 3 N–H and O–H groups in total. The van der Waals surface area contributed by atoms with Gasteiger partial charge < -0.3 is 10.4 Å². The van der Waals surface area contributed by atoms with Crippen molar-refractivity contribution in [3.05, 3.63) is 46.5 Å². The van der Waals surface area contributed by atoms with Crippen molar-refractivity contribution in [2.75, 3.05) is 0 Å². The molecule has 2 heterocycles. The maximum Gasteiger partial charge on any atom is 0.331 e. The van der Waals surface area contributed by atoms with E-state index in [1.807, 2.05) is 6.92 Å². The van der Waals surface area contributed by atoms with E-state index in [9.17, 15) is 14.7 Å². The number of H-pyrrole nitrogens is 1. The van der Waals surface area contributed by atoms with E-state index in [4.69, 9.17) is 0 Å². The van der Waals surface area contributed by atoms with E-state index in [2.05, 4.69) is 20.5 Å². The number of hydrogen-bond donors (Lipinski definition) is 3. The Bertz CT molecular complexity index is 704. The van der Waals surface area contributed by atoms with Crippen molar-refractivity contribution in [2.45, 2.75) is 39.7 Å². The molecule has 23 heavy (non-hydrogen) atoms. The van der Waals surface area contributed by atoms with Gasteiger partial charge in [0.2, 0.25) is 0 Å². The number of hydrogen-bond acceptors (Lipinski definition) is 4. The molecule has 7 nitrogen and oxygen atoms in total. The van der Waals surface area contributed by atoms with Crippen molar-refractivity contribution < 1.29 is 14.7 Å². The molecule has 0 aliphatic carbocycles. The van der Waals surface area contributed by atoms with Gasteiger partial charge in [-0.3, -0.25) is 14.9 Å². The number of carboxylic acids is 1. The lowest BCUT2D eigenvalue weighted by Gasteiger charge is -2.15.